The number of unbranched alkanes of at least 4 members (excludes halogenated alkanes) is 2. The topological polar surface area (TPSA) is 73.2 Å². The Morgan fingerprint density at radius 2 is 1.79 bits per heavy atom. The molecular formula is C26H29F2N3O3. The van der Waals surface area contributed by atoms with Crippen LogP contribution in [0.1, 0.15) is 50.1 Å². The Balaban J connectivity index is 2.03. The highest BCUT2D eigenvalue weighted by atomic mass is 19.2. The van der Waals surface area contributed by atoms with Crippen LogP contribution in [0.3, 0.4) is 0 Å². The minimum atomic E-state index is -1.14. The van der Waals surface area contributed by atoms with Crippen LogP contribution < -0.4 is 10.1 Å². The number of hydrogen-bond donors (Lipinski definition) is 1. The summed E-state index contributed by atoms with van der Waals surface area (Å²) in [5.74, 6) is -4.00. The first kappa shape index (κ1) is 25.1. The Morgan fingerprint density at radius 3 is 2.44 bits per heavy atom. The van der Waals surface area contributed by atoms with Gasteiger partial charge < -0.3 is 9.30 Å². The lowest BCUT2D eigenvalue weighted by atomic mass is 10.0. The summed E-state index contributed by atoms with van der Waals surface area (Å²) >= 11 is 0. The predicted molar refractivity (Wildman–Crippen MR) is 126 cm³/mol. The van der Waals surface area contributed by atoms with E-state index in [0.29, 0.717) is 17.7 Å². The molecule has 1 N–H and O–H groups in total. The standard InChI is InChI=1S/C26H29F2N3O3/c1-5-6-8-11-16(2)25(32)30-26(33)24-29-22(17-12-9-7-10-13-17)23(31(24)3)18-14-15-19(34-4)21(28)20(18)27/h7,9-10,12-16H,5-6,8,11H2,1-4H3,(H,30,32,33). The number of nitrogens with zero attached hydrogens (tertiary/aromatic N) is 2. The van der Waals surface area contributed by atoms with Gasteiger partial charge >= 0.3 is 0 Å². The fourth-order valence-corrected chi connectivity index (χ4v) is 3.80. The second-order valence-electron chi connectivity index (χ2n) is 8.22. The quantitative estimate of drug-likeness (QED) is 0.419. The smallest absolute Gasteiger partial charge is 0.293 e. The Bertz CT molecular complexity index is 1180. The molecule has 34 heavy (non-hydrogen) atoms. The zero-order chi connectivity index (χ0) is 24.8. The zero-order valence-corrected chi connectivity index (χ0v) is 19.8. The number of nitrogens with one attached hydrogen (secondary N) is 1. The third-order valence-corrected chi connectivity index (χ3v) is 5.79. The summed E-state index contributed by atoms with van der Waals surface area (Å²) in [7, 11) is 2.78. The lowest BCUT2D eigenvalue weighted by Gasteiger charge is -2.12. The number of amides is 2. The largest absolute Gasteiger partial charge is 0.494 e. The van der Waals surface area contributed by atoms with E-state index in [1.54, 1.807) is 31.2 Å². The predicted octanol–water partition coefficient (Wildman–Crippen LogP) is 5.51. The number of aromatic nitrogens is 2. The van der Waals surface area contributed by atoms with Crippen LogP contribution >= 0.6 is 0 Å². The molecule has 0 aliphatic carbocycles. The van der Waals surface area contributed by atoms with E-state index in [2.05, 4.69) is 17.2 Å². The van der Waals surface area contributed by atoms with E-state index >= 15 is 4.39 Å². The van der Waals surface area contributed by atoms with Gasteiger partial charge in [-0.15, -0.1) is 0 Å². The summed E-state index contributed by atoms with van der Waals surface area (Å²) in [5.41, 5.74) is 1.03. The number of imidazole rings is 1. The number of carbonyl (C=O) groups is 2. The summed E-state index contributed by atoms with van der Waals surface area (Å²) in [6.45, 7) is 3.85. The molecule has 3 aromatic rings. The Hall–Kier alpha value is -3.55. The number of hydrogen-bond acceptors (Lipinski definition) is 4. The van der Waals surface area contributed by atoms with Gasteiger partial charge in [0.2, 0.25) is 11.7 Å². The second kappa shape index (κ2) is 11.0. The molecule has 0 bridgehead atoms. The highest BCUT2D eigenvalue weighted by Crippen LogP contribution is 2.36. The molecule has 2 amide bonds. The summed E-state index contributed by atoms with van der Waals surface area (Å²) in [5, 5.41) is 2.40. The molecule has 0 radical (unpaired) electrons. The summed E-state index contributed by atoms with van der Waals surface area (Å²) in [6.07, 6.45) is 3.61. The van der Waals surface area contributed by atoms with Gasteiger partial charge in [0.05, 0.1) is 18.5 Å². The zero-order valence-electron chi connectivity index (χ0n) is 19.8. The Labute approximate surface area is 198 Å². The van der Waals surface area contributed by atoms with Crippen molar-refractivity contribution in [3.63, 3.8) is 0 Å². The first-order chi connectivity index (χ1) is 16.3. The van der Waals surface area contributed by atoms with Gasteiger partial charge in [-0.2, -0.15) is 4.39 Å². The van der Waals surface area contributed by atoms with E-state index in [0.717, 1.165) is 19.3 Å². The molecule has 0 saturated heterocycles. The van der Waals surface area contributed by atoms with Crippen LogP contribution in [0.2, 0.25) is 0 Å². The number of imide groups is 1. The lowest BCUT2D eigenvalue weighted by Crippen LogP contribution is -2.36. The van der Waals surface area contributed by atoms with Crippen LogP contribution in [0.15, 0.2) is 42.5 Å². The number of ether oxygens (including phenoxy) is 1. The van der Waals surface area contributed by atoms with Gasteiger partial charge in [0, 0.05) is 24.1 Å². The van der Waals surface area contributed by atoms with Gasteiger partial charge in [-0.25, -0.2) is 9.37 Å². The van der Waals surface area contributed by atoms with E-state index in [1.165, 1.54) is 30.9 Å². The molecule has 3 rings (SSSR count). The van der Waals surface area contributed by atoms with Gasteiger partial charge in [0.1, 0.15) is 0 Å². The van der Waals surface area contributed by atoms with Crippen LogP contribution in [-0.4, -0.2) is 28.5 Å². The van der Waals surface area contributed by atoms with Gasteiger partial charge in [-0.1, -0.05) is 63.4 Å². The van der Waals surface area contributed by atoms with E-state index < -0.39 is 23.4 Å². The minimum absolute atomic E-state index is 0.0783. The molecule has 2 aromatic carbocycles. The normalized spacial score (nSPS) is 11.8. The molecule has 1 heterocycles. The van der Waals surface area contributed by atoms with Gasteiger partial charge in [0.25, 0.3) is 5.91 Å². The molecule has 8 heteroatoms. The van der Waals surface area contributed by atoms with E-state index in [1.807, 2.05) is 6.07 Å². The number of rotatable bonds is 9. The molecule has 6 nitrogen and oxygen atoms in total. The molecular weight excluding hydrogens is 440 g/mol. The maximum Gasteiger partial charge on any atom is 0.293 e. The Morgan fingerprint density at radius 1 is 1.09 bits per heavy atom. The van der Waals surface area contributed by atoms with E-state index in [4.69, 9.17) is 4.74 Å². The van der Waals surface area contributed by atoms with Crippen LogP contribution in [0.4, 0.5) is 8.78 Å². The highest BCUT2D eigenvalue weighted by Gasteiger charge is 2.27. The first-order valence-electron chi connectivity index (χ1n) is 11.3. The summed E-state index contributed by atoms with van der Waals surface area (Å²) in [4.78, 5) is 30.0. The molecule has 1 unspecified atom stereocenters. The SMILES string of the molecule is CCCCCC(C)C(=O)NC(=O)c1nc(-c2ccccc2)c(-c2ccc(OC)c(F)c2F)n1C. The van der Waals surface area contributed by atoms with Crippen molar-refractivity contribution in [3.05, 3.63) is 59.9 Å². The van der Waals surface area contributed by atoms with Crippen molar-refractivity contribution in [1.29, 1.82) is 0 Å². The van der Waals surface area contributed by atoms with Crippen LogP contribution in [0, 0.1) is 17.6 Å². The molecule has 0 spiro atoms. The molecule has 0 saturated carbocycles. The van der Waals surface area contributed by atoms with Gasteiger partial charge in [-0.3, -0.25) is 14.9 Å². The molecule has 0 aliphatic heterocycles. The molecule has 1 atom stereocenters. The lowest BCUT2D eigenvalue weighted by molar-refractivity contribution is -0.123. The monoisotopic (exact) mass is 469 g/mol. The number of halogens is 2. The maximum atomic E-state index is 15.0. The van der Waals surface area contributed by atoms with Crippen LogP contribution in [0.25, 0.3) is 22.5 Å². The van der Waals surface area contributed by atoms with Gasteiger partial charge in [-0.05, 0) is 18.6 Å². The molecule has 0 fully saturated rings. The third kappa shape index (κ3) is 5.16. The number of carbonyl (C=O) groups excluding carboxylic acids is 2. The fraction of sp³-hybridized carbons (Fsp3) is 0.346. The maximum absolute atomic E-state index is 15.0. The minimum Gasteiger partial charge on any atom is -0.494 e. The van der Waals surface area contributed by atoms with Crippen molar-refractivity contribution < 1.29 is 23.1 Å². The first-order valence-corrected chi connectivity index (χ1v) is 11.3. The van der Waals surface area contributed by atoms with E-state index in [9.17, 15) is 14.0 Å². The second-order valence-corrected chi connectivity index (χ2v) is 8.22. The summed E-state index contributed by atoms with van der Waals surface area (Å²) in [6, 6.07) is 11.6. The Kier molecular flexibility index (Phi) is 8.15. The average molecular weight is 470 g/mol. The van der Waals surface area contributed by atoms with Gasteiger partial charge in [0.15, 0.2) is 17.4 Å². The van der Waals surface area contributed by atoms with E-state index in [-0.39, 0.29) is 28.7 Å². The van der Waals surface area contributed by atoms with Crippen molar-refractivity contribution in [2.75, 3.05) is 7.11 Å². The van der Waals surface area contributed by atoms with Crippen molar-refractivity contribution >= 4 is 11.8 Å². The number of benzene rings is 2. The van der Waals surface area contributed by atoms with Crippen molar-refractivity contribution in [2.24, 2.45) is 13.0 Å². The molecule has 180 valence electrons. The third-order valence-electron chi connectivity index (χ3n) is 5.79. The van der Waals surface area contributed by atoms with Crippen molar-refractivity contribution in [1.82, 2.24) is 14.9 Å². The average Bonchev–Trinajstić information content (AvgIpc) is 3.18. The number of methoxy groups -OCH3 is 1. The highest BCUT2D eigenvalue weighted by molar-refractivity contribution is 6.04. The molecule has 1 aromatic heterocycles. The van der Waals surface area contributed by atoms with Crippen molar-refractivity contribution in [3.8, 4) is 28.3 Å². The van der Waals surface area contributed by atoms with Crippen LogP contribution in [-0.2, 0) is 11.8 Å². The van der Waals surface area contributed by atoms with Crippen LogP contribution in [0.5, 0.6) is 5.75 Å². The molecule has 0 aliphatic rings. The summed E-state index contributed by atoms with van der Waals surface area (Å²) < 4.78 is 35.8. The fourth-order valence-electron chi connectivity index (χ4n) is 3.80. The van der Waals surface area contributed by atoms with Crippen molar-refractivity contribution in [2.45, 2.75) is 39.5 Å².